The molecule has 0 saturated heterocycles. The van der Waals surface area contributed by atoms with E-state index in [0.717, 1.165) is 21.2 Å². The molecule has 0 radical (unpaired) electrons. The van der Waals surface area contributed by atoms with Gasteiger partial charge in [0.05, 0.1) is 12.3 Å². The van der Waals surface area contributed by atoms with Gasteiger partial charge in [0.1, 0.15) is 0 Å². The molecule has 0 unspecified atom stereocenters. The highest BCUT2D eigenvalue weighted by Gasteiger charge is 2.11. The lowest BCUT2D eigenvalue weighted by molar-refractivity contribution is 0.560. The van der Waals surface area contributed by atoms with E-state index in [0.29, 0.717) is 0 Å². The normalized spacial score (nSPS) is 10.7. The number of fused-ring (bicyclic) bond motifs is 1. The Morgan fingerprint density at radius 1 is 1.15 bits per heavy atom. The Kier molecular flexibility index (Phi) is 2.08. The van der Waals surface area contributed by atoms with Gasteiger partial charge in [0.15, 0.2) is 0 Å². The number of rotatable bonds is 0. The molecule has 0 aliphatic carbocycles. The highest BCUT2D eigenvalue weighted by Crippen LogP contribution is 2.22. The van der Waals surface area contributed by atoms with E-state index >= 15 is 0 Å². The first-order valence-electron chi connectivity index (χ1n) is 4.16. The third-order valence-electron chi connectivity index (χ3n) is 2.16. The van der Waals surface area contributed by atoms with Gasteiger partial charge in [-0.15, -0.1) is 0 Å². The summed E-state index contributed by atoms with van der Waals surface area (Å²) in [6, 6.07) is 8.16. The van der Waals surface area contributed by atoms with Crippen LogP contribution in [0.3, 0.4) is 0 Å². The van der Waals surface area contributed by atoms with Crippen LogP contribution in [0.5, 0.6) is 0 Å². The number of benzene rings is 1. The zero-order valence-electron chi connectivity index (χ0n) is 7.60. The van der Waals surface area contributed by atoms with Gasteiger partial charge in [-0.3, -0.25) is 0 Å². The second kappa shape index (κ2) is 3.11. The minimum Gasteiger partial charge on any atom is -0.212 e. The van der Waals surface area contributed by atoms with Gasteiger partial charge in [-0.1, -0.05) is 15.9 Å². The average Bonchev–Trinajstić information content (AvgIpc) is 2.08. The molecule has 1 aromatic heterocycles. The summed E-state index contributed by atoms with van der Waals surface area (Å²) in [6.07, 6.45) is 0. The van der Waals surface area contributed by atoms with Crippen molar-refractivity contribution in [3.63, 3.8) is 0 Å². The van der Waals surface area contributed by atoms with E-state index in [1.165, 1.54) is 5.56 Å². The summed E-state index contributed by atoms with van der Waals surface area (Å²) in [7, 11) is 0. The molecule has 1 aromatic carbocycles. The van der Waals surface area contributed by atoms with E-state index in [1.54, 1.807) is 0 Å². The van der Waals surface area contributed by atoms with Crippen molar-refractivity contribution in [2.24, 2.45) is 0 Å². The summed E-state index contributed by atoms with van der Waals surface area (Å²) in [5.74, 6) is 0.981. The lowest BCUT2D eigenvalue weighted by Crippen LogP contribution is -1.81. The lowest BCUT2D eigenvalue weighted by Gasteiger charge is -1.92. The Hall–Kier alpha value is -0.890. The zero-order chi connectivity index (χ0) is 9.42. The Bertz CT molecular complexity index is 463. The fraction of sp³-hybridized carbons (Fsp3) is 0.182. The maximum absolute atomic E-state index is 5.63. The summed E-state index contributed by atoms with van der Waals surface area (Å²) in [6.45, 7) is 4.04. The summed E-state index contributed by atoms with van der Waals surface area (Å²) >= 11 is 3.43. The van der Waals surface area contributed by atoms with Crippen molar-refractivity contribution in [1.82, 2.24) is 0 Å². The Balaban J connectivity index is 2.81. The zero-order valence-corrected chi connectivity index (χ0v) is 9.18. The van der Waals surface area contributed by atoms with Crippen molar-refractivity contribution in [2.45, 2.75) is 13.8 Å². The molecule has 66 valence electrons. The molecule has 0 aliphatic heterocycles. The van der Waals surface area contributed by atoms with Gasteiger partial charge in [-0.05, 0) is 25.1 Å². The number of hydrogen-bond acceptors (Lipinski definition) is 0. The maximum atomic E-state index is 5.63. The third-order valence-corrected chi connectivity index (χ3v) is 2.66. The smallest absolute Gasteiger partial charge is 0.212 e. The van der Waals surface area contributed by atoms with E-state index in [2.05, 4.69) is 35.0 Å². The van der Waals surface area contributed by atoms with Gasteiger partial charge < -0.3 is 0 Å². The predicted molar refractivity (Wildman–Crippen MR) is 57.8 cm³/mol. The maximum Gasteiger partial charge on any atom is 0.360 e. The quantitative estimate of drug-likeness (QED) is 0.629. The Morgan fingerprint density at radius 2 is 1.92 bits per heavy atom. The van der Waals surface area contributed by atoms with Crippen LogP contribution < -0.4 is 0 Å². The lowest BCUT2D eigenvalue weighted by atomic mass is 10.1. The molecule has 13 heavy (non-hydrogen) atoms. The minimum absolute atomic E-state index is 0.936. The Morgan fingerprint density at radius 3 is 2.69 bits per heavy atom. The summed E-state index contributed by atoms with van der Waals surface area (Å²) in [5.41, 5.74) is 2.12. The van der Waals surface area contributed by atoms with Crippen LogP contribution in [0.4, 0.5) is 0 Å². The molecular formula is C11H10BrO+. The van der Waals surface area contributed by atoms with Crippen molar-refractivity contribution in [2.75, 3.05) is 0 Å². The van der Waals surface area contributed by atoms with Crippen LogP contribution in [0.15, 0.2) is 33.2 Å². The van der Waals surface area contributed by atoms with Crippen molar-refractivity contribution in [3.8, 4) is 0 Å². The summed E-state index contributed by atoms with van der Waals surface area (Å²) in [4.78, 5) is 0. The van der Waals surface area contributed by atoms with Gasteiger partial charge in [0.2, 0.25) is 0 Å². The van der Waals surface area contributed by atoms with E-state index in [1.807, 2.05) is 19.1 Å². The number of hydrogen-bond donors (Lipinski definition) is 0. The van der Waals surface area contributed by atoms with Crippen LogP contribution >= 0.6 is 15.9 Å². The topological polar surface area (TPSA) is 11.3 Å². The minimum atomic E-state index is 0.936. The van der Waals surface area contributed by atoms with Crippen LogP contribution in [0.2, 0.25) is 0 Å². The molecule has 0 aliphatic rings. The molecule has 0 spiro atoms. The fourth-order valence-corrected chi connectivity index (χ4v) is 1.68. The van der Waals surface area contributed by atoms with E-state index in [-0.39, 0.29) is 0 Å². The van der Waals surface area contributed by atoms with Crippen molar-refractivity contribution in [3.05, 3.63) is 40.1 Å². The van der Waals surface area contributed by atoms with Crippen LogP contribution in [0.1, 0.15) is 11.3 Å². The molecule has 0 N–H and O–H groups in total. The molecule has 1 heterocycles. The number of halogens is 1. The van der Waals surface area contributed by atoms with E-state index in [9.17, 15) is 0 Å². The van der Waals surface area contributed by atoms with Crippen molar-refractivity contribution >= 4 is 26.9 Å². The SMILES string of the molecule is Cc1cc2cc(Br)ccc2[o+]c1C. The highest BCUT2D eigenvalue weighted by atomic mass is 79.9. The first-order valence-corrected chi connectivity index (χ1v) is 4.96. The largest absolute Gasteiger partial charge is 0.360 e. The molecule has 0 saturated carbocycles. The molecule has 2 heteroatoms. The summed E-state index contributed by atoms with van der Waals surface area (Å²) in [5, 5.41) is 1.14. The van der Waals surface area contributed by atoms with Gasteiger partial charge in [-0.25, -0.2) is 4.42 Å². The van der Waals surface area contributed by atoms with Crippen LogP contribution in [-0.2, 0) is 0 Å². The van der Waals surface area contributed by atoms with Gasteiger partial charge >= 0.3 is 11.3 Å². The molecule has 2 rings (SSSR count). The molecule has 0 amide bonds. The third kappa shape index (κ3) is 1.59. The fourth-order valence-electron chi connectivity index (χ4n) is 1.31. The standard InChI is InChI=1S/C11H10BrO/c1-7-5-9-6-10(12)3-4-11(9)13-8(7)2/h3-6H,1-2H3/q+1. The Labute approximate surface area is 85.5 Å². The molecule has 0 atom stereocenters. The average molecular weight is 238 g/mol. The molecule has 1 nitrogen and oxygen atoms in total. The van der Waals surface area contributed by atoms with Crippen LogP contribution in [0.25, 0.3) is 11.0 Å². The highest BCUT2D eigenvalue weighted by molar-refractivity contribution is 9.10. The van der Waals surface area contributed by atoms with Crippen molar-refractivity contribution in [1.29, 1.82) is 0 Å². The number of aryl methyl sites for hydroxylation is 2. The van der Waals surface area contributed by atoms with Crippen molar-refractivity contribution < 1.29 is 4.42 Å². The molecular weight excluding hydrogens is 228 g/mol. The van der Waals surface area contributed by atoms with Gasteiger partial charge in [0.25, 0.3) is 0 Å². The molecule has 0 bridgehead atoms. The van der Waals surface area contributed by atoms with Gasteiger partial charge in [-0.2, -0.15) is 0 Å². The van der Waals surface area contributed by atoms with Crippen LogP contribution in [-0.4, -0.2) is 0 Å². The first-order chi connectivity index (χ1) is 6.16. The predicted octanol–water partition coefficient (Wildman–Crippen LogP) is 4.09. The monoisotopic (exact) mass is 237 g/mol. The second-order valence-electron chi connectivity index (χ2n) is 3.17. The van der Waals surface area contributed by atoms with Gasteiger partial charge in [0, 0.05) is 16.1 Å². The first kappa shape index (κ1) is 8.70. The molecule has 2 aromatic rings. The van der Waals surface area contributed by atoms with E-state index < -0.39 is 0 Å². The summed E-state index contributed by atoms with van der Waals surface area (Å²) < 4.78 is 6.71. The van der Waals surface area contributed by atoms with Crippen LogP contribution in [0, 0.1) is 13.8 Å². The second-order valence-corrected chi connectivity index (χ2v) is 4.08. The van der Waals surface area contributed by atoms with E-state index in [4.69, 9.17) is 4.42 Å². The molecule has 0 fully saturated rings.